The van der Waals surface area contributed by atoms with Crippen LogP contribution in [0.3, 0.4) is 0 Å². The van der Waals surface area contributed by atoms with Crippen LogP contribution in [0, 0.1) is 6.92 Å². The van der Waals surface area contributed by atoms with Gasteiger partial charge in [0.25, 0.3) is 0 Å². The fraction of sp³-hybridized carbons (Fsp3) is 0.286. The number of benzene rings is 1. The Morgan fingerprint density at radius 1 is 1.07 bits per heavy atom. The van der Waals surface area contributed by atoms with Gasteiger partial charge in [0, 0.05) is 0 Å². The molecule has 80 valence electrons. The second-order valence-electron chi connectivity index (χ2n) is 3.53. The highest BCUT2D eigenvalue weighted by Gasteiger charge is 1.88. The molecule has 0 spiro atoms. The number of aryl methyl sites for hydroxylation is 2. The topological polar surface area (TPSA) is 0 Å². The Morgan fingerprint density at radius 2 is 1.80 bits per heavy atom. The first kappa shape index (κ1) is 12.0. The minimum absolute atomic E-state index is 1.21. The highest BCUT2D eigenvalue weighted by molar-refractivity contribution is 7.07. The van der Waals surface area contributed by atoms with E-state index in [1.165, 1.54) is 24.0 Å². The summed E-state index contributed by atoms with van der Waals surface area (Å²) in [6, 6.07) is 12.7. The SMILES string of the molecule is CCCc1cccc(C)c1.c1ccsc1. The van der Waals surface area contributed by atoms with E-state index in [2.05, 4.69) is 38.1 Å². The monoisotopic (exact) mass is 218 g/mol. The molecular weight excluding hydrogens is 200 g/mol. The Hall–Kier alpha value is -1.08. The van der Waals surface area contributed by atoms with E-state index in [0.29, 0.717) is 0 Å². The van der Waals surface area contributed by atoms with Crippen LogP contribution < -0.4 is 0 Å². The van der Waals surface area contributed by atoms with Crippen molar-refractivity contribution >= 4 is 11.3 Å². The molecule has 1 aromatic heterocycles. The van der Waals surface area contributed by atoms with Crippen LogP contribution in [0.5, 0.6) is 0 Å². The van der Waals surface area contributed by atoms with Crippen LogP contribution in [0.2, 0.25) is 0 Å². The molecule has 0 atom stereocenters. The van der Waals surface area contributed by atoms with Gasteiger partial charge in [0.2, 0.25) is 0 Å². The molecule has 0 amide bonds. The minimum Gasteiger partial charge on any atom is -0.152 e. The van der Waals surface area contributed by atoms with Crippen LogP contribution in [0.15, 0.2) is 47.2 Å². The lowest BCUT2D eigenvalue weighted by atomic mass is 10.1. The van der Waals surface area contributed by atoms with E-state index < -0.39 is 0 Å². The maximum absolute atomic E-state index is 2.25. The molecule has 0 N–H and O–H groups in total. The minimum atomic E-state index is 1.21. The van der Waals surface area contributed by atoms with Crippen molar-refractivity contribution in [3.05, 3.63) is 58.3 Å². The second-order valence-corrected chi connectivity index (χ2v) is 4.35. The highest BCUT2D eigenvalue weighted by atomic mass is 32.1. The maximum Gasteiger partial charge on any atom is -0.00934 e. The Balaban J connectivity index is 0.000000187. The van der Waals surface area contributed by atoms with Gasteiger partial charge in [-0.15, -0.1) is 0 Å². The van der Waals surface area contributed by atoms with E-state index in [4.69, 9.17) is 0 Å². The van der Waals surface area contributed by atoms with Gasteiger partial charge in [-0.2, -0.15) is 11.3 Å². The van der Waals surface area contributed by atoms with Gasteiger partial charge >= 0.3 is 0 Å². The van der Waals surface area contributed by atoms with Crippen molar-refractivity contribution in [3.8, 4) is 0 Å². The predicted molar refractivity (Wildman–Crippen MR) is 69.5 cm³/mol. The highest BCUT2D eigenvalue weighted by Crippen LogP contribution is 2.05. The summed E-state index contributed by atoms with van der Waals surface area (Å²) in [5, 5.41) is 4.08. The van der Waals surface area contributed by atoms with Crippen molar-refractivity contribution in [2.24, 2.45) is 0 Å². The lowest BCUT2D eigenvalue weighted by Gasteiger charge is -1.97. The molecule has 0 aliphatic rings. The van der Waals surface area contributed by atoms with Crippen LogP contribution >= 0.6 is 11.3 Å². The summed E-state index contributed by atoms with van der Waals surface area (Å²) in [4.78, 5) is 0. The standard InChI is InChI=1S/C10H14.C4H4S/c1-3-5-10-7-4-6-9(2)8-10;1-2-4-5-3-1/h4,6-8H,3,5H2,1-2H3;1-4H. The second kappa shape index (κ2) is 7.24. The summed E-state index contributed by atoms with van der Waals surface area (Å²) >= 11 is 1.71. The fourth-order valence-corrected chi connectivity index (χ4v) is 1.84. The Bertz CT molecular complexity index is 332. The largest absolute Gasteiger partial charge is 0.152 e. The Morgan fingerprint density at radius 3 is 2.27 bits per heavy atom. The normalized spacial score (nSPS) is 9.20. The van der Waals surface area contributed by atoms with Crippen LogP contribution in [0.1, 0.15) is 24.5 Å². The van der Waals surface area contributed by atoms with Gasteiger partial charge in [-0.25, -0.2) is 0 Å². The predicted octanol–water partition coefficient (Wildman–Crippen LogP) is 4.70. The molecule has 0 nitrogen and oxygen atoms in total. The molecular formula is C14H18S. The van der Waals surface area contributed by atoms with Crippen molar-refractivity contribution in [2.45, 2.75) is 26.7 Å². The summed E-state index contributed by atoms with van der Waals surface area (Å²) in [7, 11) is 0. The van der Waals surface area contributed by atoms with E-state index in [0.717, 1.165) is 0 Å². The molecule has 1 aromatic carbocycles. The molecule has 15 heavy (non-hydrogen) atoms. The van der Waals surface area contributed by atoms with E-state index in [9.17, 15) is 0 Å². The van der Waals surface area contributed by atoms with Gasteiger partial charge in [0.05, 0.1) is 0 Å². The molecule has 0 unspecified atom stereocenters. The summed E-state index contributed by atoms with van der Waals surface area (Å²) in [5.41, 5.74) is 2.83. The van der Waals surface area contributed by atoms with E-state index in [-0.39, 0.29) is 0 Å². The smallest absolute Gasteiger partial charge is 0.00934 e. The van der Waals surface area contributed by atoms with Crippen molar-refractivity contribution in [1.29, 1.82) is 0 Å². The molecule has 2 rings (SSSR count). The summed E-state index contributed by atoms with van der Waals surface area (Å²) < 4.78 is 0. The van der Waals surface area contributed by atoms with Crippen LogP contribution in [-0.4, -0.2) is 0 Å². The van der Waals surface area contributed by atoms with Gasteiger partial charge in [-0.05, 0) is 29.7 Å². The van der Waals surface area contributed by atoms with Gasteiger partial charge in [0.15, 0.2) is 0 Å². The first-order valence-corrected chi connectivity index (χ1v) is 6.30. The molecule has 0 saturated heterocycles. The van der Waals surface area contributed by atoms with Gasteiger partial charge in [-0.1, -0.05) is 55.3 Å². The average molecular weight is 218 g/mol. The number of thiophene rings is 1. The summed E-state index contributed by atoms with van der Waals surface area (Å²) in [5.74, 6) is 0. The lowest BCUT2D eigenvalue weighted by molar-refractivity contribution is 0.920. The Kier molecular flexibility index (Phi) is 5.79. The molecule has 0 saturated carbocycles. The van der Waals surface area contributed by atoms with Gasteiger partial charge in [-0.3, -0.25) is 0 Å². The number of hydrogen-bond donors (Lipinski definition) is 0. The van der Waals surface area contributed by atoms with Crippen molar-refractivity contribution in [1.82, 2.24) is 0 Å². The molecule has 2 aromatic rings. The molecule has 1 heterocycles. The van der Waals surface area contributed by atoms with Crippen LogP contribution in [0.25, 0.3) is 0 Å². The molecule has 0 radical (unpaired) electrons. The van der Waals surface area contributed by atoms with E-state index in [1.54, 1.807) is 11.3 Å². The third-order valence-electron chi connectivity index (χ3n) is 2.05. The quantitative estimate of drug-likeness (QED) is 0.685. The van der Waals surface area contributed by atoms with E-state index >= 15 is 0 Å². The maximum atomic E-state index is 2.25. The van der Waals surface area contributed by atoms with E-state index in [1.807, 2.05) is 22.9 Å². The molecule has 0 fully saturated rings. The fourth-order valence-electron chi connectivity index (χ4n) is 1.38. The van der Waals surface area contributed by atoms with Gasteiger partial charge < -0.3 is 0 Å². The Labute approximate surface area is 96.6 Å². The molecule has 0 bridgehead atoms. The zero-order valence-electron chi connectivity index (χ0n) is 9.44. The number of hydrogen-bond acceptors (Lipinski definition) is 1. The molecule has 0 aliphatic heterocycles. The zero-order chi connectivity index (χ0) is 10.9. The number of rotatable bonds is 2. The molecule has 0 aliphatic carbocycles. The summed E-state index contributed by atoms with van der Waals surface area (Å²) in [6.45, 7) is 4.35. The first-order chi connectivity index (χ1) is 7.33. The molecule has 1 heteroatoms. The lowest BCUT2D eigenvalue weighted by Crippen LogP contribution is -1.82. The third-order valence-corrected chi connectivity index (χ3v) is 2.68. The van der Waals surface area contributed by atoms with Crippen molar-refractivity contribution in [2.75, 3.05) is 0 Å². The third kappa shape index (κ3) is 5.38. The first-order valence-electron chi connectivity index (χ1n) is 5.35. The summed E-state index contributed by atoms with van der Waals surface area (Å²) in [6.07, 6.45) is 2.45. The zero-order valence-corrected chi connectivity index (χ0v) is 10.3. The van der Waals surface area contributed by atoms with Crippen molar-refractivity contribution in [3.63, 3.8) is 0 Å². The van der Waals surface area contributed by atoms with Crippen molar-refractivity contribution < 1.29 is 0 Å². The average Bonchev–Trinajstić information content (AvgIpc) is 2.76. The van der Waals surface area contributed by atoms with Crippen LogP contribution in [0.4, 0.5) is 0 Å². The van der Waals surface area contributed by atoms with Gasteiger partial charge in [0.1, 0.15) is 0 Å². The van der Waals surface area contributed by atoms with Crippen LogP contribution in [-0.2, 0) is 6.42 Å².